The molecule has 1 amide bonds. The number of carbonyl (C=O) groups is 1. The van der Waals surface area contributed by atoms with E-state index >= 15 is 0 Å². The third kappa shape index (κ3) is 3.33. The first-order valence-corrected chi connectivity index (χ1v) is 7.73. The molecule has 0 aromatic heterocycles. The van der Waals surface area contributed by atoms with Gasteiger partial charge in [0.25, 0.3) is 5.91 Å². The highest BCUT2D eigenvalue weighted by molar-refractivity contribution is 5.99. The smallest absolute Gasteiger partial charge is 0.255 e. The summed E-state index contributed by atoms with van der Waals surface area (Å²) in [4.78, 5) is 14.8. The molecule has 1 N–H and O–H groups in total. The third-order valence-corrected chi connectivity index (χ3v) is 4.39. The lowest BCUT2D eigenvalue weighted by molar-refractivity contribution is 0.0761. The van der Waals surface area contributed by atoms with Crippen molar-refractivity contribution in [2.45, 2.75) is 39.5 Å². The number of hydrogen-bond acceptors (Lipinski definition) is 2. The molecule has 1 fully saturated rings. The molecule has 1 atom stereocenters. The van der Waals surface area contributed by atoms with Gasteiger partial charge in [-0.1, -0.05) is 25.0 Å². The molecule has 1 aromatic carbocycles. The molecular formula is C17H26N2O. The zero-order valence-electron chi connectivity index (χ0n) is 12.9. The van der Waals surface area contributed by atoms with Crippen LogP contribution in [0.5, 0.6) is 0 Å². The largest absolute Gasteiger partial charge is 0.387 e. The number of nitrogens with one attached hydrogen (secondary N) is 1. The van der Waals surface area contributed by atoms with Crippen LogP contribution in [0, 0.1) is 12.8 Å². The minimum absolute atomic E-state index is 0.176. The number of amides is 1. The molecule has 3 nitrogen and oxygen atoms in total. The number of nitrogens with zero attached hydrogens (tertiary/aromatic N) is 1. The number of rotatable bonds is 3. The summed E-state index contributed by atoms with van der Waals surface area (Å²) in [5.41, 5.74) is 2.87. The topological polar surface area (TPSA) is 32.3 Å². The summed E-state index contributed by atoms with van der Waals surface area (Å²) in [5, 5.41) is 3.13. The van der Waals surface area contributed by atoms with Crippen molar-refractivity contribution >= 4 is 11.6 Å². The monoisotopic (exact) mass is 274 g/mol. The Morgan fingerprint density at radius 1 is 1.35 bits per heavy atom. The van der Waals surface area contributed by atoms with E-state index in [4.69, 9.17) is 0 Å². The first-order valence-electron chi connectivity index (χ1n) is 7.73. The van der Waals surface area contributed by atoms with Gasteiger partial charge in [-0.15, -0.1) is 0 Å². The minimum Gasteiger partial charge on any atom is -0.387 e. The number of benzene rings is 1. The second-order valence-electron chi connectivity index (χ2n) is 5.80. The Hall–Kier alpha value is -1.51. The predicted molar refractivity (Wildman–Crippen MR) is 84.3 cm³/mol. The van der Waals surface area contributed by atoms with Crippen molar-refractivity contribution < 1.29 is 4.79 Å². The Bertz CT molecular complexity index is 470. The molecule has 1 saturated heterocycles. The molecule has 0 radical (unpaired) electrons. The number of likely N-dealkylation sites (tertiary alicyclic amines) is 1. The van der Waals surface area contributed by atoms with Gasteiger partial charge in [-0.2, -0.15) is 0 Å². The van der Waals surface area contributed by atoms with Crippen molar-refractivity contribution in [3.05, 3.63) is 29.3 Å². The van der Waals surface area contributed by atoms with Crippen LogP contribution in [0.1, 0.15) is 48.5 Å². The Balaban J connectivity index is 2.16. The number of anilines is 1. The zero-order valence-corrected chi connectivity index (χ0v) is 12.9. The van der Waals surface area contributed by atoms with E-state index in [-0.39, 0.29) is 5.91 Å². The van der Waals surface area contributed by atoms with E-state index in [0.717, 1.165) is 48.7 Å². The van der Waals surface area contributed by atoms with E-state index < -0.39 is 0 Å². The Morgan fingerprint density at radius 2 is 2.15 bits per heavy atom. The average molecular weight is 274 g/mol. The molecule has 0 saturated carbocycles. The fraction of sp³-hybridized carbons (Fsp3) is 0.588. The summed E-state index contributed by atoms with van der Waals surface area (Å²) >= 11 is 0. The maximum absolute atomic E-state index is 12.8. The van der Waals surface area contributed by atoms with Gasteiger partial charge < -0.3 is 10.2 Å². The summed E-state index contributed by atoms with van der Waals surface area (Å²) in [5.74, 6) is 0.962. The molecule has 0 aliphatic carbocycles. The summed E-state index contributed by atoms with van der Waals surface area (Å²) in [7, 11) is 1.87. The summed E-state index contributed by atoms with van der Waals surface area (Å²) in [6.07, 6.45) is 4.76. The highest BCUT2D eigenvalue weighted by Crippen LogP contribution is 2.24. The Kier molecular flexibility index (Phi) is 5.05. The first-order chi connectivity index (χ1) is 9.65. The van der Waals surface area contributed by atoms with Crippen molar-refractivity contribution in [2.75, 3.05) is 25.5 Å². The molecule has 1 unspecified atom stereocenters. The summed E-state index contributed by atoms with van der Waals surface area (Å²) in [6, 6.07) is 6.03. The van der Waals surface area contributed by atoms with E-state index in [2.05, 4.69) is 12.2 Å². The number of carbonyl (C=O) groups excluding carboxylic acids is 1. The van der Waals surface area contributed by atoms with E-state index in [1.165, 1.54) is 12.8 Å². The van der Waals surface area contributed by atoms with Crippen LogP contribution in [0.3, 0.4) is 0 Å². The maximum Gasteiger partial charge on any atom is 0.255 e. The van der Waals surface area contributed by atoms with Crippen LogP contribution in [-0.4, -0.2) is 30.9 Å². The Morgan fingerprint density at radius 3 is 2.85 bits per heavy atom. The lowest BCUT2D eigenvalue weighted by Crippen LogP contribution is -2.32. The zero-order chi connectivity index (χ0) is 14.5. The third-order valence-electron chi connectivity index (χ3n) is 4.39. The van der Waals surface area contributed by atoms with Gasteiger partial charge in [-0.3, -0.25) is 4.79 Å². The van der Waals surface area contributed by atoms with Crippen LogP contribution in [-0.2, 0) is 0 Å². The lowest BCUT2D eigenvalue weighted by Gasteiger charge is -2.22. The second-order valence-corrected chi connectivity index (χ2v) is 5.80. The molecule has 1 aliphatic rings. The van der Waals surface area contributed by atoms with E-state index in [0.29, 0.717) is 0 Å². The van der Waals surface area contributed by atoms with Gasteiger partial charge in [0.15, 0.2) is 0 Å². The molecule has 20 heavy (non-hydrogen) atoms. The van der Waals surface area contributed by atoms with Crippen LogP contribution in [0.15, 0.2) is 18.2 Å². The number of hydrogen-bond donors (Lipinski definition) is 1. The van der Waals surface area contributed by atoms with Gasteiger partial charge >= 0.3 is 0 Å². The molecule has 110 valence electrons. The maximum atomic E-state index is 12.8. The fourth-order valence-electron chi connectivity index (χ4n) is 3.00. The molecular weight excluding hydrogens is 248 g/mol. The van der Waals surface area contributed by atoms with Gasteiger partial charge in [0, 0.05) is 25.8 Å². The Labute approximate surface area is 122 Å². The molecule has 0 spiro atoms. The normalized spacial score (nSPS) is 19.6. The van der Waals surface area contributed by atoms with Gasteiger partial charge in [-0.25, -0.2) is 0 Å². The van der Waals surface area contributed by atoms with Crippen molar-refractivity contribution in [3.8, 4) is 0 Å². The molecule has 1 aliphatic heterocycles. The van der Waals surface area contributed by atoms with Crippen LogP contribution < -0.4 is 5.32 Å². The van der Waals surface area contributed by atoms with Crippen molar-refractivity contribution in [3.63, 3.8) is 0 Å². The second kappa shape index (κ2) is 6.78. The van der Waals surface area contributed by atoms with Crippen LogP contribution in [0.4, 0.5) is 5.69 Å². The predicted octanol–water partition coefficient (Wildman–Crippen LogP) is 3.69. The highest BCUT2D eigenvalue weighted by atomic mass is 16.2. The molecule has 3 heteroatoms. The van der Waals surface area contributed by atoms with Gasteiger partial charge in [0.05, 0.1) is 5.56 Å². The van der Waals surface area contributed by atoms with E-state index in [1.54, 1.807) is 0 Å². The fourth-order valence-corrected chi connectivity index (χ4v) is 3.00. The quantitative estimate of drug-likeness (QED) is 0.911. The lowest BCUT2D eigenvalue weighted by atomic mass is 9.98. The van der Waals surface area contributed by atoms with E-state index in [9.17, 15) is 4.79 Å². The molecule has 1 aromatic rings. The minimum atomic E-state index is 0.176. The first kappa shape index (κ1) is 14.9. The van der Waals surface area contributed by atoms with E-state index in [1.807, 2.05) is 37.1 Å². The van der Waals surface area contributed by atoms with Crippen molar-refractivity contribution in [1.82, 2.24) is 4.90 Å². The summed E-state index contributed by atoms with van der Waals surface area (Å²) in [6.45, 7) is 6.08. The standard InChI is InChI=1S/C17H26N2O/c1-4-14-6-5-10-19(11-9-14)17(20)15-12-13(2)7-8-16(15)18-3/h7-8,12,14,18H,4-6,9-11H2,1-3H3. The van der Waals surface area contributed by atoms with Gasteiger partial charge in [0.1, 0.15) is 0 Å². The molecule has 1 heterocycles. The van der Waals surface area contributed by atoms with Crippen LogP contribution in [0.25, 0.3) is 0 Å². The van der Waals surface area contributed by atoms with Crippen LogP contribution in [0.2, 0.25) is 0 Å². The summed E-state index contributed by atoms with van der Waals surface area (Å²) < 4.78 is 0. The molecule has 0 bridgehead atoms. The van der Waals surface area contributed by atoms with Crippen LogP contribution >= 0.6 is 0 Å². The average Bonchev–Trinajstić information content (AvgIpc) is 2.71. The van der Waals surface area contributed by atoms with Gasteiger partial charge in [0.2, 0.25) is 0 Å². The van der Waals surface area contributed by atoms with Gasteiger partial charge in [-0.05, 0) is 44.2 Å². The SMILES string of the molecule is CCC1CCCN(C(=O)c2cc(C)ccc2NC)CC1. The molecule has 2 rings (SSSR count). The highest BCUT2D eigenvalue weighted by Gasteiger charge is 2.22. The van der Waals surface area contributed by atoms with Crippen molar-refractivity contribution in [2.24, 2.45) is 5.92 Å². The van der Waals surface area contributed by atoms with Crippen molar-refractivity contribution in [1.29, 1.82) is 0 Å². The number of aryl methyl sites for hydroxylation is 1.